The van der Waals surface area contributed by atoms with Crippen LogP contribution in [-0.4, -0.2) is 5.11 Å². The Kier molecular flexibility index (Phi) is 3.60. The Labute approximate surface area is 117 Å². The van der Waals surface area contributed by atoms with Crippen molar-refractivity contribution >= 4 is 15.9 Å². The van der Waals surface area contributed by atoms with E-state index >= 15 is 0 Å². The Hall–Kier alpha value is -1.12. The predicted octanol–water partition coefficient (Wildman–Crippen LogP) is 4.32. The lowest BCUT2D eigenvalue weighted by atomic mass is 9.85. The minimum atomic E-state index is -0.962. The molecule has 0 heterocycles. The van der Waals surface area contributed by atoms with Crippen molar-refractivity contribution < 1.29 is 5.11 Å². The van der Waals surface area contributed by atoms with Gasteiger partial charge in [0, 0.05) is 4.47 Å². The second kappa shape index (κ2) is 4.87. The van der Waals surface area contributed by atoms with Crippen molar-refractivity contribution in [3.05, 3.63) is 69.2 Å². The van der Waals surface area contributed by atoms with Crippen LogP contribution in [0.4, 0.5) is 0 Å². The third-order valence-electron chi connectivity index (χ3n) is 3.32. The summed E-state index contributed by atoms with van der Waals surface area (Å²) in [6, 6.07) is 14.0. The molecule has 0 aliphatic carbocycles. The topological polar surface area (TPSA) is 20.2 Å². The van der Waals surface area contributed by atoms with E-state index in [-0.39, 0.29) is 0 Å². The van der Waals surface area contributed by atoms with E-state index in [0.29, 0.717) is 0 Å². The van der Waals surface area contributed by atoms with Crippen LogP contribution >= 0.6 is 15.9 Å². The SMILES string of the molecule is Cc1ccc(C)c(C(C)(O)c2ccc(Br)cc2)c1. The van der Waals surface area contributed by atoms with Gasteiger partial charge in [0.15, 0.2) is 0 Å². The molecule has 0 saturated heterocycles. The van der Waals surface area contributed by atoms with Crippen LogP contribution < -0.4 is 0 Å². The first-order valence-corrected chi connectivity index (χ1v) is 6.76. The summed E-state index contributed by atoms with van der Waals surface area (Å²) in [5.74, 6) is 0. The zero-order chi connectivity index (χ0) is 13.3. The maximum atomic E-state index is 10.8. The van der Waals surface area contributed by atoms with Crippen LogP contribution in [0.3, 0.4) is 0 Å². The minimum Gasteiger partial charge on any atom is -0.381 e. The second-order valence-corrected chi connectivity index (χ2v) is 5.81. The molecular weight excluding hydrogens is 288 g/mol. The molecule has 18 heavy (non-hydrogen) atoms. The molecule has 2 heteroatoms. The lowest BCUT2D eigenvalue weighted by molar-refractivity contribution is 0.101. The van der Waals surface area contributed by atoms with Gasteiger partial charge in [0.05, 0.1) is 0 Å². The van der Waals surface area contributed by atoms with Gasteiger partial charge in [0.2, 0.25) is 0 Å². The molecule has 0 aromatic heterocycles. The Balaban J connectivity index is 2.53. The summed E-state index contributed by atoms with van der Waals surface area (Å²) in [7, 11) is 0. The van der Waals surface area contributed by atoms with Crippen molar-refractivity contribution in [3.8, 4) is 0 Å². The summed E-state index contributed by atoms with van der Waals surface area (Å²) >= 11 is 3.41. The van der Waals surface area contributed by atoms with Crippen molar-refractivity contribution in [2.24, 2.45) is 0 Å². The van der Waals surface area contributed by atoms with Gasteiger partial charge >= 0.3 is 0 Å². The van der Waals surface area contributed by atoms with E-state index in [4.69, 9.17) is 0 Å². The molecule has 0 radical (unpaired) electrons. The molecule has 0 fully saturated rings. The van der Waals surface area contributed by atoms with Gasteiger partial charge < -0.3 is 5.11 Å². The fourth-order valence-corrected chi connectivity index (χ4v) is 2.45. The van der Waals surface area contributed by atoms with Gasteiger partial charge in [-0.05, 0) is 49.6 Å². The van der Waals surface area contributed by atoms with Crippen LogP contribution in [0.25, 0.3) is 0 Å². The summed E-state index contributed by atoms with van der Waals surface area (Å²) in [5.41, 5.74) is 3.17. The molecule has 0 spiro atoms. The Bertz CT molecular complexity index is 556. The Morgan fingerprint density at radius 2 is 1.61 bits per heavy atom. The number of rotatable bonds is 2. The number of aliphatic hydroxyl groups is 1. The lowest BCUT2D eigenvalue weighted by Gasteiger charge is -2.27. The average molecular weight is 305 g/mol. The number of hydrogen-bond acceptors (Lipinski definition) is 1. The van der Waals surface area contributed by atoms with Crippen LogP contribution in [0.1, 0.15) is 29.2 Å². The molecule has 1 atom stereocenters. The number of aryl methyl sites for hydroxylation is 2. The van der Waals surface area contributed by atoms with E-state index < -0.39 is 5.60 Å². The summed E-state index contributed by atoms with van der Waals surface area (Å²) < 4.78 is 1.02. The molecule has 0 aliphatic heterocycles. The highest BCUT2D eigenvalue weighted by atomic mass is 79.9. The molecule has 0 saturated carbocycles. The van der Waals surface area contributed by atoms with Crippen molar-refractivity contribution in [2.45, 2.75) is 26.4 Å². The molecule has 1 unspecified atom stereocenters. The van der Waals surface area contributed by atoms with Crippen LogP contribution in [-0.2, 0) is 5.60 Å². The van der Waals surface area contributed by atoms with E-state index in [1.54, 1.807) is 0 Å². The van der Waals surface area contributed by atoms with Gasteiger partial charge in [-0.15, -0.1) is 0 Å². The zero-order valence-electron chi connectivity index (χ0n) is 10.9. The Morgan fingerprint density at radius 1 is 1.00 bits per heavy atom. The van der Waals surface area contributed by atoms with Gasteiger partial charge in [-0.3, -0.25) is 0 Å². The van der Waals surface area contributed by atoms with E-state index in [9.17, 15) is 5.11 Å². The zero-order valence-corrected chi connectivity index (χ0v) is 12.5. The normalized spacial score (nSPS) is 14.3. The fraction of sp³-hybridized carbons (Fsp3) is 0.250. The summed E-state index contributed by atoms with van der Waals surface area (Å²) in [6.07, 6.45) is 0. The lowest BCUT2D eigenvalue weighted by Crippen LogP contribution is -2.24. The van der Waals surface area contributed by atoms with Crippen molar-refractivity contribution in [2.75, 3.05) is 0 Å². The van der Waals surface area contributed by atoms with Gasteiger partial charge in [-0.1, -0.05) is 51.8 Å². The number of hydrogen-bond donors (Lipinski definition) is 1. The first-order valence-electron chi connectivity index (χ1n) is 5.97. The largest absolute Gasteiger partial charge is 0.381 e. The van der Waals surface area contributed by atoms with Crippen LogP contribution in [0.2, 0.25) is 0 Å². The van der Waals surface area contributed by atoms with Gasteiger partial charge in [0.25, 0.3) is 0 Å². The van der Waals surface area contributed by atoms with Crippen molar-refractivity contribution in [1.82, 2.24) is 0 Å². The molecule has 2 aromatic rings. The standard InChI is InChI=1S/C16H17BrO/c1-11-4-5-12(2)15(10-11)16(3,18)13-6-8-14(17)9-7-13/h4-10,18H,1-3H3. The summed E-state index contributed by atoms with van der Waals surface area (Å²) in [5, 5.41) is 10.8. The molecule has 94 valence electrons. The van der Waals surface area contributed by atoms with Crippen LogP contribution in [0.5, 0.6) is 0 Å². The maximum absolute atomic E-state index is 10.8. The smallest absolute Gasteiger partial charge is 0.112 e. The van der Waals surface area contributed by atoms with E-state index in [1.165, 1.54) is 0 Å². The summed E-state index contributed by atoms with van der Waals surface area (Å²) in [4.78, 5) is 0. The number of halogens is 1. The highest BCUT2D eigenvalue weighted by Gasteiger charge is 2.27. The fourth-order valence-electron chi connectivity index (χ4n) is 2.19. The number of benzene rings is 2. The molecule has 0 amide bonds. The molecule has 2 rings (SSSR count). The molecule has 1 nitrogen and oxygen atoms in total. The van der Waals surface area contributed by atoms with Crippen molar-refractivity contribution in [3.63, 3.8) is 0 Å². The first-order chi connectivity index (χ1) is 8.41. The quantitative estimate of drug-likeness (QED) is 0.876. The van der Waals surface area contributed by atoms with E-state index in [0.717, 1.165) is 26.7 Å². The Morgan fingerprint density at radius 3 is 2.22 bits per heavy atom. The third kappa shape index (κ3) is 2.50. The van der Waals surface area contributed by atoms with Gasteiger partial charge in [-0.25, -0.2) is 0 Å². The highest BCUT2D eigenvalue weighted by molar-refractivity contribution is 9.10. The molecule has 1 N–H and O–H groups in total. The third-order valence-corrected chi connectivity index (χ3v) is 3.85. The van der Waals surface area contributed by atoms with Gasteiger partial charge in [-0.2, -0.15) is 0 Å². The maximum Gasteiger partial charge on any atom is 0.112 e. The van der Waals surface area contributed by atoms with E-state index in [2.05, 4.69) is 34.1 Å². The van der Waals surface area contributed by atoms with Crippen molar-refractivity contribution in [1.29, 1.82) is 0 Å². The van der Waals surface area contributed by atoms with Crippen LogP contribution in [0, 0.1) is 13.8 Å². The highest BCUT2D eigenvalue weighted by Crippen LogP contribution is 2.32. The average Bonchev–Trinajstić information content (AvgIpc) is 2.32. The van der Waals surface area contributed by atoms with E-state index in [1.807, 2.05) is 45.0 Å². The second-order valence-electron chi connectivity index (χ2n) is 4.90. The van der Waals surface area contributed by atoms with Gasteiger partial charge in [0.1, 0.15) is 5.60 Å². The minimum absolute atomic E-state index is 0.902. The molecular formula is C16H17BrO. The predicted molar refractivity (Wildman–Crippen MR) is 78.7 cm³/mol. The molecule has 0 bridgehead atoms. The first kappa shape index (κ1) is 13.3. The molecule has 0 aliphatic rings. The van der Waals surface area contributed by atoms with Crippen LogP contribution in [0.15, 0.2) is 46.9 Å². The molecule has 2 aromatic carbocycles. The monoisotopic (exact) mass is 304 g/mol. The summed E-state index contributed by atoms with van der Waals surface area (Å²) in [6.45, 7) is 5.92.